The molecule has 0 aliphatic carbocycles. The summed E-state index contributed by atoms with van der Waals surface area (Å²) in [6.45, 7) is 2.69. The zero-order valence-electron chi connectivity index (χ0n) is 18.3. The van der Waals surface area contributed by atoms with Crippen molar-refractivity contribution in [2.24, 2.45) is 0 Å². The highest BCUT2D eigenvalue weighted by Gasteiger charge is 2.37. The van der Waals surface area contributed by atoms with Crippen LogP contribution in [0.3, 0.4) is 0 Å². The van der Waals surface area contributed by atoms with E-state index in [9.17, 15) is 9.18 Å². The summed E-state index contributed by atoms with van der Waals surface area (Å²) in [5.41, 5.74) is 2.53. The molecule has 33 heavy (non-hydrogen) atoms. The topological polar surface area (TPSA) is 42.0 Å². The van der Waals surface area contributed by atoms with Gasteiger partial charge in [-0.3, -0.25) is 9.69 Å². The Bertz CT molecular complexity index is 1210. The molecule has 1 fully saturated rings. The Labute approximate surface area is 197 Å². The zero-order chi connectivity index (χ0) is 23.4. The molecule has 1 aliphatic heterocycles. The van der Waals surface area contributed by atoms with Crippen molar-refractivity contribution in [1.82, 2.24) is 4.90 Å². The number of likely N-dealkylation sites (N-methyl/N-ethyl adjacent to an activating group) is 1. The SMILES string of the molecule is CCOc1ccc(N2C(=O)/C(=C/c3ccccc3OCc3cccc(F)c3)N(C)C2=S)cc1. The molecule has 0 N–H and O–H groups in total. The van der Waals surface area contributed by atoms with Crippen LogP contribution >= 0.6 is 12.2 Å². The van der Waals surface area contributed by atoms with Crippen molar-refractivity contribution in [3.05, 3.63) is 95.4 Å². The number of benzene rings is 3. The molecule has 0 saturated carbocycles. The van der Waals surface area contributed by atoms with Crippen molar-refractivity contribution < 1.29 is 18.7 Å². The van der Waals surface area contributed by atoms with Gasteiger partial charge < -0.3 is 14.4 Å². The second kappa shape index (κ2) is 9.83. The van der Waals surface area contributed by atoms with Crippen LogP contribution in [-0.2, 0) is 11.4 Å². The van der Waals surface area contributed by atoms with Crippen molar-refractivity contribution in [1.29, 1.82) is 0 Å². The van der Waals surface area contributed by atoms with Crippen LogP contribution in [0.1, 0.15) is 18.1 Å². The van der Waals surface area contributed by atoms with Gasteiger partial charge in [0.1, 0.15) is 29.6 Å². The average Bonchev–Trinajstić information content (AvgIpc) is 3.02. The van der Waals surface area contributed by atoms with Gasteiger partial charge in [0.05, 0.1) is 12.3 Å². The highest BCUT2D eigenvalue weighted by Crippen LogP contribution is 2.31. The summed E-state index contributed by atoms with van der Waals surface area (Å²) in [4.78, 5) is 16.5. The molecular formula is C26H23FN2O3S. The summed E-state index contributed by atoms with van der Waals surface area (Å²) in [5.74, 6) is 0.771. The zero-order valence-corrected chi connectivity index (χ0v) is 19.1. The smallest absolute Gasteiger partial charge is 0.281 e. The highest BCUT2D eigenvalue weighted by molar-refractivity contribution is 7.80. The summed E-state index contributed by atoms with van der Waals surface area (Å²) in [6, 6.07) is 20.9. The van der Waals surface area contributed by atoms with E-state index in [1.54, 1.807) is 30.2 Å². The Morgan fingerprint density at radius 3 is 2.48 bits per heavy atom. The first-order chi connectivity index (χ1) is 16.0. The fourth-order valence-corrected chi connectivity index (χ4v) is 3.80. The summed E-state index contributed by atoms with van der Waals surface area (Å²) < 4.78 is 24.9. The number of carbonyl (C=O) groups is 1. The number of hydrogen-bond donors (Lipinski definition) is 0. The number of rotatable bonds is 7. The fraction of sp³-hybridized carbons (Fsp3) is 0.154. The molecule has 0 bridgehead atoms. The molecule has 4 rings (SSSR count). The largest absolute Gasteiger partial charge is 0.494 e. The lowest BCUT2D eigenvalue weighted by Crippen LogP contribution is -2.31. The number of para-hydroxylation sites is 1. The Morgan fingerprint density at radius 1 is 1.00 bits per heavy atom. The molecule has 1 amide bonds. The van der Waals surface area contributed by atoms with Gasteiger partial charge in [0.25, 0.3) is 5.91 Å². The molecule has 0 unspecified atom stereocenters. The van der Waals surface area contributed by atoms with E-state index in [2.05, 4.69) is 0 Å². The molecule has 0 atom stereocenters. The van der Waals surface area contributed by atoms with Crippen molar-refractivity contribution in [3.63, 3.8) is 0 Å². The van der Waals surface area contributed by atoms with Crippen LogP contribution in [0.25, 0.3) is 6.08 Å². The lowest BCUT2D eigenvalue weighted by atomic mass is 10.1. The van der Waals surface area contributed by atoms with Crippen LogP contribution in [0.15, 0.2) is 78.5 Å². The first kappa shape index (κ1) is 22.5. The normalized spacial score (nSPS) is 14.8. The Balaban J connectivity index is 1.58. The predicted octanol–water partition coefficient (Wildman–Crippen LogP) is 5.41. The van der Waals surface area contributed by atoms with E-state index in [0.29, 0.717) is 28.9 Å². The van der Waals surface area contributed by atoms with Gasteiger partial charge in [-0.2, -0.15) is 0 Å². The molecule has 1 saturated heterocycles. The number of halogens is 1. The van der Waals surface area contributed by atoms with Crippen LogP contribution in [0.5, 0.6) is 11.5 Å². The first-order valence-corrected chi connectivity index (χ1v) is 10.9. The molecule has 0 spiro atoms. The molecule has 3 aromatic rings. The standard InChI is InChI=1S/C26H23FN2O3S/c1-3-31-22-13-11-21(12-14-22)29-25(30)23(28(2)26(29)33)16-19-8-4-5-10-24(19)32-17-18-7-6-9-20(27)15-18/h4-16H,3,17H2,1-2H3/b23-16-. The third kappa shape index (κ3) is 4.88. The summed E-state index contributed by atoms with van der Waals surface area (Å²) >= 11 is 5.55. The summed E-state index contributed by atoms with van der Waals surface area (Å²) in [5, 5.41) is 0.383. The lowest BCUT2D eigenvalue weighted by molar-refractivity contribution is -0.114. The van der Waals surface area contributed by atoms with Crippen LogP contribution in [0.4, 0.5) is 10.1 Å². The Morgan fingerprint density at radius 2 is 1.76 bits per heavy atom. The Kier molecular flexibility index (Phi) is 6.70. The minimum absolute atomic E-state index is 0.207. The predicted molar refractivity (Wildman–Crippen MR) is 131 cm³/mol. The van der Waals surface area contributed by atoms with E-state index in [1.165, 1.54) is 17.0 Å². The fourth-order valence-electron chi connectivity index (χ4n) is 3.51. The van der Waals surface area contributed by atoms with Gasteiger partial charge >= 0.3 is 0 Å². The van der Waals surface area contributed by atoms with Crippen LogP contribution in [0, 0.1) is 5.82 Å². The van der Waals surface area contributed by atoms with Gasteiger partial charge in [-0.05, 0) is 73.2 Å². The molecule has 3 aromatic carbocycles. The molecule has 1 aliphatic rings. The molecule has 0 radical (unpaired) electrons. The number of anilines is 1. The van der Waals surface area contributed by atoms with E-state index in [1.807, 2.05) is 55.5 Å². The summed E-state index contributed by atoms with van der Waals surface area (Å²) in [6.07, 6.45) is 1.75. The number of nitrogens with zero attached hydrogens (tertiary/aromatic N) is 2. The number of amides is 1. The lowest BCUT2D eigenvalue weighted by Gasteiger charge is -2.16. The molecule has 5 nitrogen and oxygen atoms in total. The van der Waals surface area contributed by atoms with Gasteiger partial charge in [0.15, 0.2) is 5.11 Å². The highest BCUT2D eigenvalue weighted by atomic mass is 32.1. The maximum Gasteiger partial charge on any atom is 0.281 e. The summed E-state index contributed by atoms with van der Waals surface area (Å²) in [7, 11) is 1.76. The second-order valence-electron chi connectivity index (χ2n) is 7.40. The van der Waals surface area contributed by atoms with Crippen LogP contribution in [0.2, 0.25) is 0 Å². The molecule has 7 heteroatoms. The maximum absolute atomic E-state index is 13.5. The quantitative estimate of drug-likeness (QED) is 0.347. The average molecular weight is 463 g/mol. The van der Waals surface area contributed by atoms with Gasteiger partial charge in [0.2, 0.25) is 0 Å². The molecule has 1 heterocycles. The minimum Gasteiger partial charge on any atom is -0.494 e. The Hall–Kier alpha value is -3.71. The van der Waals surface area contributed by atoms with Crippen molar-refractivity contribution in [2.75, 3.05) is 18.6 Å². The third-order valence-corrected chi connectivity index (χ3v) is 5.62. The van der Waals surface area contributed by atoms with Crippen molar-refractivity contribution in [3.8, 4) is 11.5 Å². The van der Waals surface area contributed by atoms with Crippen molar-refractivity contribution >= 4 is 35.0 Å². The van der Waals surface area contributed by atoms with Crippen molar-refractivity contribution in [2.45, 2.75) is 13.5 Å². The minimum atomic E-state index is -0.312. The van der Waals surface area contributed by atoms with Gasteiger partial charge in [-0.25, -0.2) is 4.39 Å². The van der Waals surface area contributed by atoms with Gasteiger partial charge in [-0.15, -0.1) is 0 Å². The first-order valence-electron chi connectivity index (χ1n) is 10.5. The van der Waals surface area contributed by atoms with Gasteiger partial charge in [0, 0.05) is 12.6 Å². The second-order valence-corrected chi connectivity index (χ2v) is 7.76. The van der Waals surface area contributed by atoms with E-state index in [-0.39, 0.29) is 18.3 Å². The molecule has 0 aromatic heterocycles. The molecule has 168 valence electrons. The van der Waals surface area contributed by atoms with E-state index in [4.69, 9.17) is 21.7 Å². The number of hydrogen-bond acceptors (Lipinski definition) is 4. The van der Waals surface area contributed by atoms with Gasteiger partial charge in [-0.1, -0.05) is 30.3 Å². The number of carbonyl (C=O) groups excluding carboxylic acids is 1. The molecular weight excluding hydrogens is 439 g/mol. The monoisotopic (exact) mass is 462 g/mol. The van der Waals surface area contributed by atoms with E-state index < -0.39 is 0 Å². The van der Waals surface area contributed by atoms with Crippen LogP contribution in [-0.4, -0.2) is 29.6 Å². The number of thiocarbonyl (C=S) groups is 1. The van der Waals surface area contributed by atoms with E-state index in [0.717, 1.165) is 16.9 Å². The van der Waals surface area contributed by atoms with E-state index >= 15 is 0 Å². The third-order valence-electron chi connectivity index (χ3n) is 5.16. The van der Waals surface area contributed by atoms with Crippen LogP contribution < -0.4 is 14.4 Å². The maximum atomic E-state index is 13.5. The number of ether oxygens (including phenoxy) is 2.